The minimum atomic E-state index is 0.193. The van der Waals surface area contributed by atoms with Crippen molar-refractivity contribution < 1.29 is 0 Å². The lowest BCUT2D eigenvalue weighted by atomic mass is 9.95. The predicted octanol–water partition coefficient (Wildman–Crippen LogP) is 2.22. The van der Waals surface area contributed by atoms with E-state index in [0.29, 0.717) is 0 Å². The summed E-state index contributed by atoms with van der Waals surface area (Å²) in [7, 11) is 0. The Balaban J connectivity index is 2.71. The number of hydrogen-bond donors (Lipinski definition) is 1. The third kappa shape index (κ3) is 1.41. The van der Waals surface area contributed by atoms with E-state index in [1.54, 1.807) is 0 Å². The van der Waals surface area contributed by atoms with E-state index in [0.717, 1.165) is 6.42 Å². The molecule has 0 spiro atoms. The van der Waals surface area contributed by atoms with E-state index >= 15 is 0 Å². The van der Waals surface area contributed by atoms with Gasteiger partial charge in [-0.05, 0) is 26.3 Å². The first-order chi connectivity index (χ1) is 4.66. The molecule has 0 amide bonds. The van der Waals surface area contributed by atoms with E-state index in [1.165, 1.54) is 5.70 Å². The molecule has 0 saturated carbocycles. The largest absolute Gasteiger partial charge is 0.380 e. The van der Waals surface area contributed by atoms with Gasteiger partial charge in [-0.3, -0.25) is 0 Å². The Morgan fingerprint density at radius 1 is 1.60 bits per heavy atom. The summed E-state index contributed by atoms with van der Waals surface area (Å²) in [4.78, 5) is 0. The van der Waals surface area contributed by atoms with Crippen molar-refractivity contribution in [2.45, 2.75) is 32.7 Å². The van der Waals surface area contributed by atoms with Crippen LogP contribution in [0.15, 0.2) is 23.9 Å². The van der Waals surface area contributed by atoms with Gasteiger partial charge in [-0.2, -0.15) is 0 Å². The predicted molar refractivity (Wildman–Crippen MR) is 44.7 cm³/mol. The molecule has 0 radical (unpaired) electrons. The molecule has 1 rings (SSSR count). The summed E-state index contributed by atoms with van der Waals surface area (Å²) >= 11 is 0. The van der Waals surface area contributed by atoms with Gasteiger partial charge < -0.3 is 5.32 Å². The van der Waals surface area contributed by atoms with Crippen LogP contribution < -0.4 is 5.32 Å². The number of dihydropyridines is 1. The third-order valence-corrected chi connectivity index (χ3v) is 2.03. The van der Waals surface area contributed by atoms with E-state index in [1.807, 2.05) is 0 Å². The molecule has 0 aromatic carbocycles. The molecule has 1 nitrogen and oxygen atoms in total. The second kappa shape index (κ2) is 2.49. The van der Waals surface area contributed by atoms with E-state index in [2.05, 4.69) is 44.3 Å². The van der Waals surface area contributed by atoms with Crippen LogP contribution in [0.1, 0.15) is 27.2 Å². The van der Waals surface area contributed by atoms with Crippen LogP contribution in [0, 0.1) is 0 Å². The van der Waals surface area contributed by atoms with Gasteiger partial charge in [0.1, 0.15) is 0 Å². The lowest BCUT2D eigenvalue weighted by Crippen LogP contribution is -2.39. The molecule has 0 fully saturated rings. The Morgan fingerprint density at radius 2 is 2.30 bits per heavy atom. The van der Waals surface area contributed by atoms with Gasteiger partial charge in [0, 0.05) is 5.70 Å². The van der Waals surface area contributed by atoms with Gasteiger partial charge in [-0.1, -0.05) is 19.1 Å². The van der Waals surface area contributed by atoms with Crippen molar-refractivity contribution >= 4 is 0 Å². The van der Waals surface area contributed by atoms with Gasteiger partial charge in [0.05, 0.1) is 5.54 Å². The van der Waals surface area contributed by atoms with Crippen LogP contribution in [0.4, 0.5) is 0 Å². The molecule has 56 valence electrons. The standard InChI is InChI=1S/C9H15N/c1-4-9(3)7-5-6-8(2)10-9/h5-7,10H,4H2,1-3H3. The zero-order valence-electron chi connectivity index (χ0n) is 6.94. The van der Waals surface area contributed by atoms with Gasteiger partial charge in [-0.15, -0.1) is 0 Å². The van der Waals surface area contributed by atoms with Crippen LogP contribution in [-0.4, -0.2) is 5.54 Å². The molecule has 0 saturated heterocycles. The molecule has 1 aliphatic heterocycles. The molecule has 1 heterocycles. The van der Waals surface area contributed by atoms with Crippen molar-refractivity contribution in [2.24, 2.45) is 0 Å². The van der Waals surface area contributed by atoms with Crippen molar-refractivity contribution in [3.05, 3.63) is 23.9 Å². The van der Waals surface area contributed by atoms with Gasteiger partial charge in [0.2, 0.25) is 0 Å². The van der Waals surface area contributed by atoms with Crippen LogP contribution in [-0.2, 0) is 0 Å². The monoisotopic (exact) mass is 137 g/mol. The second-order valence-electron chi connectivity index (χ2n) is 3.10. The molecule has 10 heavy (non-hydrogen) atoms. The van der Waals surface area contributed by atoms with Crippen molar-refractivity contribution in [1.29, 1.82) is 0 Å². The smallest absolute Gasteiger partial charge is 0.0525 e. The Labute approximate surface area is 62.8 Å². The fourth-order valence-corrected chi connectivity index (χ4v) is 1.14. The van der Waals surface area contributed by atoms with E-state index < -0.39 is 0 Å². The SMILES string of the molecule is CCC1(C)C=CC=C(C)N1. The molecule has 1 unspecified atom stereocenters. The lowest BCUT2D eigenvalue weighted by molar-refractivity contribution is 0.462. The fourth-order valence-electron chi connectivity index (χ4n) is 1.14. The maximum Gasteiger partial charge on any atom is 0.0525 e. The topological polar surface area (TPSA) is 12.0 Å². The summed E-state index contributed by atoms with van der Waals surface area (Å²) < 4.78 is 0. The summed E-state index contributed by atoms with van der Waals surface area (Å²) in [6.07, 6.45) is 7.56. The van der Waals surface area contributed by atoms with Gasteiger partial charge in [0.15, 0.2) is 0 Å². The van der Waals surface area contributed by atoms with E-state index in [4.69, 9.17) is 0 Å². The Morgan fingerprint density at radius 3 is 2.70 bits per heavy atom. The summed E-state index contributed by atoms with van der Waals surface area (Å²) in [6.45, 7) is 6.49. The highest BCUT2D eigenvalue weighted by molar-refractivity contribution is 5.22. The van der Waals surface area contributed by atoms with Gasteiger partial charge in [0.25, 0.3) is 0 Å². The molecule has 1 aliphatic rings. The Kier molecular flexibility index (Phi) is 1.84. The van der Waals surface area contributed by atoms with E-state index in [-0.39, 0.29) is 5.54 Å². The molecule has 0 bridgehead atoms. The molecule has 1 N–H and O–H groups in total. The molecule has 0 aromatic heterocycles. The van der Waals surface area contributed by atoms with Crippen molar-refractivity contribution in [2.75, 3.05) is 0 Å². The van der Waals surface area contributed by atoms with Crippen LogP contribution in [0.5, 0.6) is 0 Å². The number of allylic oxidation sites excluding steroid dienone is 3. The average Bonchev–Trinajstić information content (AvgIpc) is 1.88. The zero-order valence-corrected chi connectivity index (χ0v) is 6.94. The van der Waals surface area contributed by atoms with Crippen LogP contribution in [0.3, 0.4) is 0 Å². The summed E-state index contributed by atoms with van der Waals surface area (Å²) in [5, 5.41) is 3.42. The normalized spacial score (nSPS) is 31.3. The van der Waals surface area contributed by atoms with Gasteiger partial charge in [-0.25, -0.2) is 0 Å². The quantitative estimate of drug-likeness (QED) is 0.584. The minimum absolute atomic E-state index is 0.193. The number of rotatable bonds is 1. The highest BCUT2D eigenvalue weighted by Gasteiger charge is 2.18. The molecule has 0 aliphatic carbocycles. The van der Waals surface area contributed by atoms with E-state index in [9.17, 15) is 0 Å². The first-order valence-corrected chi connectivity index (χ1v) is 3.80. The highest BCUT2D eigenvalue weighted by atomic mass is 15.0. The maximum atomic E-state index is 3.42. The first kappa shape index (κ1) is 7.39. The molecular weight excluding hydrogens is 122 g/mol. The molecule has 1 atom stereocenters. The minimum Gasteiger partial charge on any atom is -0.380 e. The first-order valence-electron chi connectivity index (χ1n) is 3.80. The summed E-state index contributed by atoms with van der Waals surface area (Å²) in [5.74, 6) is 0. The molecule has 0 aromatic rings. The lowest BCUT2D eigenvalue weighted by Gasteiger charge is -2.29. The van der Waals surface area contributed by atoms with Crippen molar-refractivity contribution in [3.63, 3.8) is 0 Å². The van der Waals surface area contributed by atoms with Crippen LogP contribution in [0.25, 0.3) is 0 Å². The Hall–Kier alpha value is -0.720. The van der Waals surface area contributed by atoms with Crippen LogP contribution >= 0.6 is 0 Å². The summed E-state index contributed by atoms with van der Waals surface area (Å²) in [6, 6.07) is 0. The maximum absolute atomic E-state index is 3.42. The van der Waals surface area contributed by atoms with Crippen molar-refractivity contribution in [1.82, 2.24) is 5.32 Å². The third-order valence-electron chi connectivity index (χ3n) is 2.03. The number of nitrogens with one attached hydrogen (secondary N) is 1. The molecule has 1 heteroatoms. The number of hydrogen-bond acceptors (Lipinski definition) is 1. The highest BCUT2D eigenvalue weighted by Crippen LogP contribution is 2.16. The summed E-state index contributed by atoms with van der Waals surface area (Å²) in [5.41, 5.74) is 1.45. The van der Waals surface area contributed by atoms with Crippen molar-refractivity contribution in [3.8, 4) is 0 Å². The van der Waals surface area contributed by atoms with Crippen LogP contribution in [0.2, 0.25) is 0 Å². The molecular formula is C9H15N. The fraction of sp³-hybridized carbons (Fsp3) is 0.556. The van der Waals surface area contributed by atoms with Gasteiger partial charge >= 0.3 is 0 Å². The Bertz CT molecular complexity index is 179. The zero-order chi connectivity index (χ0) is 7.61. The average molecular weight is 137 g/mol. The second-order valence-corrected chi connectivity index (χ2v) is 3.10.